The number of aromatic nitrogens is 2. The molecule has 0 aliphatic carbocycles. The molecule has 0 saturated carbocycles. The number of halogens is 5. The van der Waals surface area contributed by atoms with Gasteiger partial charge in [-0.25, -0.2) is 4.98 Å². The van der Waals surface area contributed by atoms with Crippen LogP contribution >= 0.6 is 23.2 Å². The van der Waals surface area contributed by atoms with Crippen LogP contribution in [0.5, 0.6) is 11.6 Å². The molecule has 0 N–H and O–H groups in total. The average Bonchev–Trinajstić information content (AvgIpc) is 2.42. The number of rotatable bonds is 2. The van der Waals surface area contributed by atoms with E-state index in [1.807, 2.05) is 0 Å². The first-order chi connectivity index (χ1) is 9.81. The van der Waals surface area contributed by atoms with Gasteiger partial charge < -0.3 is 4.74 Å². The monoisotopic (exact) mass is 333 g/mol. The van der Waals surface area contributed by atoms with E-state index in [0.29, 0.717) is 6.07 Å². The van der Waals surface area contributed by atoms with Crippen LogP contribution in [0.15, 0.2) is 24.4 Å². The zero-order chi connectivity index (χ0) is 15.6. The second-order valence-electron chi connectivity index (χ2n) is 3.71. The predicted octanol–water partition coefficient (Wildman–Crippen LogP) is 4.47. The van der Waals surface area contributed by atoms with E-state index in [1.165, 1.54) is 6.07 Å². The summed E-state index contributed by atoms with van der Waals surface area (Å²) < 4.78 is 43.9. The molecule has 0 saturated heterocycles. The standard InChI is InChI=1S/C12H4Cl2F3N3O/c13-8-5-19-11(14)20-10(8)21-9-2-1-6(4-18)3-7(9)12(15,16)17/h1-3,5H. The number of benzene rings is 1. The molecule has 0 unspecified atom stereocenters. The molecule has 0 radical (unpaired) electrons. The van der Waals surface area contributed by atoms with Crippen molar-refractivity contribution in [1.82, 2.24) is 9.97 Å². The van der Waals surface area contributed by atoms with E-state index < -0.39 is 17.5 Å². The van der Waals surface area contributed by atoms with Crippen molar-refractivity contribution < 1.29 is 17.9 Å². The van der Waals surface area contributed by atoms with Crippen LogP contribution in [0.25, 0.3) is 0 Å². The zero-order valence-corrected chi connectivity index (χ0v) is 11.5. The molecule has 9 heteroatoms. The lowest BCUT2D eigenvalue weighted by atomic mass is 10.1. The van der Waals surface area contributed by atoms with Gasteiger partial charge in [0.25, 0.3) is 0 Å². The highest BCUT2D eigenvalue weighted by atomic mass is 35.5. The minimum absolute atomic E-state index is 0.100. The summed E-state index contributed by atoms with van der Waals surface area (Å²) in [5.41, 5.74) is -1.27. The molecule has 2 aromatic rings. The van der Waals surface area contributed by atoms with Gasteiger partial charge in [0.15, 0.2) is 0 Å². The maximum absolute atomic E-state index is 13.0. The second kappa shape index (κ2) is 5.76. The van der Waals surface area contributed by atoms with Gasteiger partial charge in [0.2, 0.25) is 11.2 Å². The lowest BCUT2D eigenvalue weighted by Crippen LogP contribution is -2.08. The van der Waals surface area contributed by atoms with E-state index in [1.54, 1.807) is 6.07 Å². The van der Waals surface area contributed by atoms with Crippen LogP contribution in [-0.4, -0.2) is 9.97 Å². The minimum Gasteiger partial charge on any atom is -0.437 e. The summed E-state index contributed by atoms with van der Waals surface area (Å²) in [7, 11) is 0. The number of nitriles is 1. The van der Waals surface area contributed by atoms with Crippen molar-refractivity contribution >= 4 is 23.2 Å². The van der Waals surface area contributed by atoms with Gasteiger partial charge in [0.1, 0.15) is 10.8 Å². The number of ether oxygens (including phenoxy) is 1. The molecule has 1 aromatic carbocycles. The number of nitrogens with zero attached hydrogens (tertiary/aromatic N) is 3. The highest BCUT2D eigenvalue weighted by Gasteiger charge is 2.35. The third kappa shape index (κ3) is 3.54. The summed E-state index contributed by atoms with van der Waals surface area (Å²) in [4.78, 5) is 7.16. The number of alkyl halides is 3. The third-order valence-corrected chi connectivity index (χ3v) is 2.74. The molecule has 108 valence electrons. The molecule has 0 aliphatic heterocycles. The Morgan fingerprint density at radius 2 is 1.95 bits per heavy atom. The highest BCUT2D eigenvalue weighted by molar-refractivity contribution is 6.32. The van der Waals surface area contributed by atoms with E-state index in [2.05, 4.69) is 9.97 Å². The Morgan fingerprint density at radius 3 is 2.57 bits per heavy atom. The van der Waals surface area contributed by atoms with Crippen LogP contribution in [0.1, 0.15) is 11.1 Å². The third-order valence-electron chi connectivity index (χ3n) is 2.30. The van der Waals surface area contributed by atoms with Crippen molar-refractivity contribution in [2.75, 3.05) is 0 Å². The van der Waals surface area contributed by atoms with Crippen molar-refractivity contribution in [3.63, 3.8) is 0 Å². The van der Waals surface area contributed by atoms with E-state index in [0.717, 1.165) is 12.3 Å². The normalized spacial score (nSPS) is 11.0. The number of hydrogen-bond donors (Lipinski definition) is 0. The van der Waals surface area contributed by atoms with Crippen LogP contribution in [-0.2, 0) is 6.18 Å². The summed E-state index contributed by atoms with van der Waals surface area (Å²) >= 11 is 11.3. The van der Waals surface area contributed by atoms with Crippen LogP contribution in [0.4, 0.5) is 13.2 Å². The molecule has 21 heavy (non-hydrogen) atoms. The van der Waals surface area contributed by atoms with E-state index in [4.69, 9.17) is 33.2 Å². The van der Waals surface area contributed by atoms with Crippen molar-refractivity contribution in [3.8, 4) is 17.7 Å². The smallest absolute Gasteiger partial charge is 0.420 e. The zero-order valence-electron chi connectivity index (χ0n) is 9.95. The van der Waals surface area contributed by atoms with Gasteiger partial charge in [-0.15, -0.1) is 0 Å². The maximum Gasteiger partial charge on any atom is 0.420 e. The second-order valence-corrected chi connectivity index (χ2v) is 4.46. The Kier molecular flexibility index (Phi) is 4.21. The van der Waals surface area contributed by atoms with Gasteiger partial charge in [0.05, 0.1) is 23.4 Å². The molecule has 0 atom stereocenters. The molecule has 0 bridgehead atoms. The molecule has 0 spiro atoms. The molecule has 1 heterocycles. The van der Waals surface area contributed by atoms with Crippen molar-refractivity contribution in [2.45, 2.75) is 6.18 Å². The fourth-order valence-corrected chi connectivity index (χ4v) is 1.67. The van der Waals surface area contributed by atoms with Crippen LogP contribution in [0.3, 0.4) is 0 Å². The molecule has 1 aromatic heterocycles. The van der Waals surface area contributed by atoms with Gasteiger partial charge in [-0.1, -0.05) is 11.6 Å². The quantitative estimate of drug-likeness (QED) is 0.761. The molecule has 4 nitrogen and oxygen atoms in total. The Morgan fingerprint density at radius 1 is 1.24 bits per heavy atom. The van der Waals surface area contributed by atoms with Crippen molar-refractivity contribution in [3.05, 3.63) is 45.8 Å². The maximum atomic E-state index is 13.0. The first-order valence-corrected chi connectivity index (χ1v) is 6.04. The Labute approximate surface area is 126 Å². The summed E-state index contributed by atoms with van der Waals surface area (Å²) in [6, 6.07) is 4.48. The lowest BCUT2D eigenvalue weighted by molar-refractivity contribution is -0.138. The van der Waals surface area contributed by atoms with Crippen LogP contribution < -0.4 is 4.74 Å². The summed E-state index contributed by atoms with van der Waals surface area (Å²) in [5, 5.41) is 8.35. The molecule has 0 aliphatic rings. The predicted molar refractivity (Wildman–Crippen MR) is 68.3 cm³/mol. The van der Waals surface area contributed by atoms with Gasteiger partial charge in [0, 0.05) is 0 Å². The van der Waals surface area contributed by atoms with Gasteiger partial charge in [-0.3, -0.25) is 0 Å². The molecular weight excluding hydrogens is 330 g/mol. The topological polar surface area (TPSA) is 58.8 Å². The molecular formula is C12H4Cl2F3N3O. The van der Waals surface area contributed by atoms with Gasteiger partial charge >= 0.3 is 6.18 Å². The highest BCUT2D eigenvalue weighted by Crippen LogP contribution is 2.39. The molecule has 0 fully saturated rings. The fraction of sp³-hybridized carbons (Fsp3) is 0.0833. The van der Waals surface area contributed by atoms with E-state index in [9.17, 15) is 13.2 Å². The lowest BCUT2D eigenvalue weighted by Gasteiger charge is -2.13. The van der Waals surface area contributed by atoms with E-state index >= 15 is 0 Å². The fourth-order valence-electron chi connectivity index (χ4n) is 1.42. The summed E-state index contributed by atoms with van der Waals surface area (Å²) in [6.45, 7) is 0. The van der Waals surface area contributed by atoms with Gasteiger partial charge in [-0.2, -0.15) is 23.4 Å². The Bertz CT molecular complexity index is 729. The number of hydrogen-bond acceptors (Lipinski definition) is 4. The first-order valence-electron chi connectivity index (χ1n) is 5.28. The Balaban J connectivity index is 2.49. The van der Waals surface area contributed by atoms with Gasteiger partial charge in [-0.05, 0) is 29.8 Å². The Hall–Kier alpha value is -2.04. The summed E-state index contributed by atoms with van der Waals surface area (Å²) in [5.74, 6) is -0.856. The first kappa shape index (κ1) is 15.4. The SMILES string of the molecule is N#Cc1ccc(Oc2nc(Cl)ncc2Cl)c(C(F)(F)F)c1. The van der Waals surface area contributed by atoms with Crippen molar-refractivity contribution in [1.29, 1.82) is 5.26 Å². The largest absolute Gasteiger partial charge is 0.437 e. The van der Waals surface area contributed by atoms with Crippen LogP contribution in [0.2, 0.25) is 10.3 Å². The average molecular weight is 334 g/mol. The van der Waals surface area contributed by atoms with E-state index in [-0.39, 0.29) is 21.7 Å². The molecule has 2 rings (SSSR count). The van der Waals surface area contributed by atoms with Crippen molar-refractivity contribution in [2.24, 2.45) is 0 Å². The minimum atomic E-state index is -4.70. The van der Waals surface area contributed by atoms with Crippen LogP contribution in [0, 0.1) is 11.3 Å². The molecule has 0 amide bonds. The summed E-state index contributed by atoms with van der Waals surface area (Å²) in [6.07, 6.45) is -3.60.